The number of rotatable bonds is 7. The van der Waals surface area contributed by atoms with Crippen LogP contribution in [-0.4, -0.2) is 35.7 Å². The van der Waals surface area contributed by atoms with Crippen molar-refractivity contribution in [3.05, 3.63) is 77.4 Å². The lowest BCUT2D eigenvalue weighted by Crippen LogP contribution is -2.37. The van der Waals surface area contributed by atoms with Gasteiger partial charge in [0.1, 0.15) is 0 Å². The predicted octanol–water partition coefficient (Wildman–Crippen LogP) is 4.36. The summed E-state index contributed by atoms with van der Waals surface area (Å²) in [5.41, 5.74) is 1.79. The molecule has 0 aliphatic carbocycles. The van der Waals surface area contributed by atoms with E-state index in [-0.39, 0.29) is 27.6 Å². The van der Waals surface area contributed by atoms with Crippen LogP contribution < -0.4 is 18.5 Å². The van der Waals surface area contributed by atoms with Crippen molar-refractivity contribution in [2.45, 2.75) is 18.7 Å². The molecule has 0 aliphatic heterocycles. The number of benzene rings is 3. The van der Waals surface area contributed by atoms with Crippen LogP contribution in [0, 0.1) is 13.8 Å². The first kappa shape index (κ1) is 23.1. The molecule has 0 bridgehead atoms. The molecule has 0 atom stereocenters. The zero-order valence-electron chi connectivity index (χ0n) is 18.6. The van der Waals surface area contributed by atoms with E-state index >= 15 is 0 Å². The summed E-state index contributed by atoms with van der Waals surface area (Å²) in [5.74, 6) is 0.0407. The van der Waals surface area contributed by atoms with Crippen molar-refractivity contribution in [2.24, 2.45) is 0 Å². The number of methoxy groups -OCH3 is 3. The van der Waals surface area contributed by atoms with E-state index in [2.05, 4.69) is 0 Å². The Morgan fingerprint density at radius 3 is 1.94 bits per heavy atom. The number of nitrogens with zero attached hydrogens (tertiary/aromatic N) is 1. The Morgan fingerprint density at radius 1 is 0.812 bits per heavy atom. The summed E-state index contributed by atoms with van der Waals surface area (Å²) >= 11 is 0. The van der Waals surface area contributed by atoms with Gasteiger partial charge in [-0.3, -0.25) is 4.79 Å². The minimum absolute atomic E-state index is 0.00157. The van der Waals surface area contributed by atoms with E-state index in [1.807, 2.05) is 13.0 Å². The number of carbonyl (C=O) groups excluding carboxylic acids is 1. The molecule has 168 valence electrons. The third-order valence-corrected chi connectivity index (χ3v) is 6.67. The van der Waals surface area contributed by atoms with E-state index in [0.717, 1.165) is 9.87 Å². The molecular weight excluding hydrogens is 430 g/mol. The van der Waals surface area contributed by atoms with Gasteiger partial charge >= 0.3 is 0 Å². The molecule has 0 saturated carbocycles. The number of hydrogen-bond acceptors (Lipinski definition) is 6. The average molecular weight is 456 g/mol. The van der Waals surface area contributed by atoms with Gasteiger partial charge in [-0.05, 0) is 55.3 Å². The van der Waals surface area contributed by atoms with Gasteiger partial charge in [-0.15, -0.1) is 0 Å². The van der Waals surface area contributed by atoms with Gasteiger partial charge in [0.15, 0.2) is 11.5 Å². The molecule has 32 heavy (non-hydrogen) atoms. The van der Waals surface area contributed by atoms with Crippen molar-refractivity contribution in [3.63, 3.8) is 0 Å². The Labute approximate surface area is 188 Å². The van der Waals surface area contributed by atoms with Gasteiger partial charge in [0, 0.05) is 5.56 Å². The second-order valence-corrected chi connectivity index (χ2v) is 8.88. The Morgan fingerprint density at radius 2 is 1.41 bits per heavy atom. The minimum Gasteiger partial charge on any atom is -0.493 e. The molecule has 0 fully saturated rings. The molecule has 7 nitrogen and oxygen atoms in total. The maximum atomic E-state index is 13.8. The van der Waals surface area contributed by atoms with Gasteiger partial charge in [-0.25, -0.2) is 8.42 Å². The summed E-state index contributed by atoms with van der Waals surface area (Å²) in [5, 5.41) is 0. The number of hydrogen-bond donors (Lipinski definition) is 0. The molecule has 0 N–H and O–H groups in total. The lowest BCUT2D eigenvalue weighted by molar-refractivity contribution is 0.100. The molecule has 8 heteroatoms. The van der Waals surface area contributed by atoms with Gasteiger partial charge < -0.3 is 14.2 Å². The van der Waals surface area contributed by atoms with Gasteiger partial charge in [0.05, 0.1) is 31.9 Å². The Kier molecular flexibility index (Phi) is 6.74. The molecule has 0 aromatic heterocycles. The number of aryl methyl sites for hydroxylation is 2. The van der Waals surface area contributed by atoms with E-state index in [0.29, 0.717) is 11.3 Å². The number of carbonyl (C=O) groups is 1. The highest BCUT2D eigenvalue weighted by molar-refractivity contribution is 7.93. The largest absolute Gasteiger partial charge is 0.493 e. The van der Waals surface area contributed by atoms with Crippen LogP contribution in [0.3, 0.4) is 0 Å². The topological polar surface area (TPSA) is 82.1 Å². The standard InChI is InChI=1S/C24H25NO6S/c1-16-11-12-17(2)20(13-16)25(32(27,28)19-9-7-6-8-10-19)24(26)18-14-21(29-3)23(31-5)22(15-18)30-4/h6-15H,1-5H3. The SMILES string of the molecule is COc1cc(C(=O)N(c2cc(C)ccc2C)S(=O)(=O)c2ccccc2)cc(OC)c1OC. The summed E-state index contributed by atoms with van der Waals surface area (Å²) in [6, 6.07) is 16.0. The maximum absolute atomic E-state index is 13.8. The zero-order valence-corrected chi connectivity index (χ0v) is 19.4. The molecule has 3 aromatic carbocycles. The van der Waals surface area contributed by atoms with Crippen molar-refractivity contribution in [3.8, 4) is 17.2 Å². The number of ether oxygens (including phenoxy) is 3. The van der Waals surface area contributed by atoms with E-state index in [1.165, 1.54) is 45.6 Å². The molecule has 1 amide bonds. The average Bonchev–Trinajstić information content (AvgIpc) is 2.80. The molecule has 0 spiro atoms. The highest BCUT2D eigenvalue weighted by Crippen LogP contribution is 2.39. The van der Waals surface area contributed by atoms with Crippen molar-refractivity contribution in [1.82, 2.24) is 0 Å². The summed E-state index contributed by atoms with van der Waals surface area (Å²) in [4.78, 5) is 13.8. The third kappa shape index (κ3) is 4.27. The number of sulfonamides is 1. The second-order valence-electron chi connectivity index (χ2n) is 7.09. The van der Waals surface area contributed by atoms with Crippen LogP contribution in [0.15, 0.2) is 65.6 Å². The van der Waals surface area contributed by atoms with Gasteiger partial charge in [-0.1, -0.05) is 30.3 Å². The first-order chi connectivity index (χ1) is 15.2. The Balaban J connectivity index is 2.27. The normalized spacial score (nSPS) is 11.0. The van der Waals surface area contributed by atoms with Crippen molar-refractivity contribution < 1.29 is 27.4 Å². The Bertz CT molecular complexity index is 1210. The summed E-state index contributed by atoms with van der Waals surface area (Å²) in [6.07, 6.45) is 0. The van der Waals surface area contributed by atoms with E-state index in [4.69, 9.17) is 14.2 Å². The van der Waals surface area contributed by atoms with Crippen molar-refractivity contribution in [1.29, 1.82) is 0 Å². The predicted molar refractivity (Wildman–Crippen MR) is 122 cm³/mol. The highest BCUT2D eigenvalue weighted by Gasteiger charge is 2.34. The van der Waals surface area contributed by atoms with Crippen LogP contribution in [-0.2, 0) is 10.0 Å². The molecule has 3 rings (SSSR count). The van der Waals surface area contributed by atoms with Crippen LogP contribution in [0.5, 0.6) is 17.2 Å². The fraction of sp³-hybridized carbons (Fsp3) is 0.208. The van der Waals surface area contributed by atoms with Crippen LogP contribution in [0.25, 0.3) is 0 Å². The van der Waals surface area contributed by atoms with Gasteiger partial charge in [0.25, 0.3) is 15.9 Å². The maximum Gasteiger partial charge on any atom is 0.272 e. The van der Waals surface area contributed by atoms with Crippen molar-refractivity contribution in [2.75, 3.05) is 25.6 Å². The second kappa shape index (κ2) is 9.32. The monoisotopic (exact) mass is 455 g/mol. The van der Waals surface area contributed by atoms with Crippen LogP contribution in [0.4, 0.5) is 5.69 Å². The summed E-state index contributed by atoms with van der Waals surface area (Å²) in [6.45, 7) is 3.59. The molecular formula is C24H25NO6S. The van der Waals surface area contributed by atoms with Crippen LogP contribution in [0.2, 0.25) is 0 Å². The molecule has 0 unspecified atom stereocenters. The first-order valence-electron chi connectivity index (χ1n) is 9.76. The lowest BCUT2D eigenvalue weighted by Gasteiger charge is -2.25. The van der Waals surface area contributed by atoms with E-state index in [9.17, 15) is 13.2 Å². The summed E-state index contributed by atoms with van der Waals surface area (Å²) < 4.78 is 44.1. The quantitative estimate of drug-likeness (QED) is 0.526. The van der Waals surface area contributed by atoms with Gasteiger partial charge in [0.2, 0.25) is 5.75 Å². The Hall–Kier alpha value is -3.52. The van der Waals surface area contributed by atoms with E-state index < -0.39 is 15.9 Å². The number of anilines is 1. The lowest BCUT2D eigenvalue weighted by atomic mass is 10.1. The third-order valence-electron chi connectivity index (χ3n) is 4.96. The number of amides is 1. The van der Waals surface area contributed by atoms with Crippen LogP contribution >= 0.6 is 0 Å². The fourth-order valence-electron chi connectivity index (χ4n) is 3.31. The van der Waals surface area contributed by atoms with Crippen LogP contribution in [0.1, 0.15) is 21.5 Å². The smallest absolute Gasteiger partial charge is 0.272 e. The minimum atomic E-state index is -4.22. The molecule has 0 aliphatic rings. The van der Waals surface area contributed by atoms with E-state index in [1.54, 1.807) is 37.3 Å². The molecule has 0 saturated heterocycles. The molecule has 0 radical (unpaired) electrons. The first-order valence-corrected chi connectivity index (χ1v) is 11.2. The van der Waals surface area contributed by atoms with Crippen molar-refractivity contribution >= 4 is 21.6 Å². The fourth-order valence-corrected chi connectivity index (χ4v) is 4.80. The zero-order chi connectivity index (χ0) is 23.5. The summed E-state index contributed by atoms with van der Waals surface area (Å²) in [7, 11) is 0.0745. The van der Waals surface area contributed by atoms with Gasteiger partial charge in [-0.2, -0.15) is 4.31 Å². The highest BCUT2D eigenvalue weighted by atomic mass is 32.2. The molecule has 3 aromatic rings. The molecule has 0 heterocycles.